The molecule has 0 radical (unpaired) electrons. The van der Waals surface area contributed by atoms with Crippen molar-refractivity contribution in [3.05, 3.63) is 52.8 Å². The Labute approximate surface area is 154 Å². The fourth-order valence-corrected chi connectivity index (χ4v) is 4.37. The molecule has 3 aromatic rings. The van der Waals surface area contributed by atoms with E-state index >= 15 is 0 Å². The summed E-state index contributed by atoms with van der Waals surface area (Å²) in [6, 6.07) is 4.87. The molecule has 130 valence electrons. The van der Waals surface area contributed by atoms with Crippen molar-refractivity contribution in [2.24, 2.45) is 0 Å². The van der Waals surface area contributed by atoms with Crippen LogP contribution in [0.1, 0.15) is 29.5 Å². The SMILES string of the molecule is Fc1cc(CCNc2nccn3c([C@@H]4CCCS4)nnc23)ccc1Cl. The quantitative estimate of drug-likeness (QED) is 0.724. The lowest BCUT2D eigenvalue weighted by atomic mass is 10.1. The van der Waals surface area contributed by atoms with E-state index in [-0.39, 0.29) is 5.02 Å². The Bertz CT molecular complexity index is 894. The van der Waals surface area contributed by atoms with Crippen LogP contribution in [0.4, 0.5) is 10.2 Å². The number of aromatic nitrogens is 4. The van der Waals surface area contributed by atoms with Gasteiger partial charge in [-0.05, 0) is 42.7 Å². The van der Waals surface area contributed by atoms with E-state index in [4.69, 9.17) is 11.6 Å². The maximum atomic E-state index is 13.5. The first-order valence-corrected chi connectivity index (χ1v) is 9.64. The van der Waals surface area contributed by atoms with Gasteiger partial charge in [0, 0.05) is 18.9 Å². The third kappa shape index (κ3) is 3.43. The molecule has 0 bridgehead atoms. The van der Waals surface area contributed by atoms with Crippen molar-refractivity contribution < 1.29 is 4.39 Å². The van der Waals surface area contributed by atoms with Crippen molar-refractivity contribution in [1.29, 1.82) is 0 Å². The van der Waals surface area contributed by atoms with Gasteiger partial charge in [0.2, 0.25) is 5.65 Å². The van der Waals surface area contributed by atoms with E-state index in [1.54, 1.807) is 12.3 Å². The molecule has 1 aliphatic rings. The first-order valence-electron chi connectivity index (χ1n) is 8.21. The summed E-state index contributed by atoms with van der Waals surface area (Å²) in [6.07, 6.45) is 6.68. The van der Waals surface area contributed by atoms with Crippen molar-refractivity contribution in [1.82, 2.24) is 19.6 Å². The van der Waals surface area contributed by atoms with Crippen LogP contribution >= 0.6 is 23.4 Å². The van der Waals surface area contributed by atoms with Gasteiger partial charge in [-0.15, -0.1) is 10.2 Å². The van der Waals surface area contributed by atoms with Crippen LogP contribution in [-0.4, -0.2) is 31.9 Å². The number of halogens is 2. The summed E-state index contributed by atoms with van der Waals surface area (Å²) in [5.41, 5.74) is 1.61. The minimum atomic E-state index is -0.393. The highest BCUT2D eigenvalue weighted by Gasteiger charge is 2.23. The van der Waals surface area contributed by atoms with Gasteiger partial charge in [0.1, 0.15) is 5.82 Å². The molecule has 25 heavy (non-hydrogen) atoms. The van der Waals surface area contributed by atoms with Gasteiger partial charge in [0.25, 0.3) is 0 Å². The Morgan fingerprint density at radius 2 is 2.28 bits per heavy atom. The average molecular weight is 378 g/mol. The van der Waals surface area contributed by atoms with Gasteiger partial charge in [-0.1, -0.05) is 17.7 Å². The van der Waals surface area contributed by atoms with Crippen LogP contribution in [0, 0.1) is 5.82 Å². The van der Waals surface area contributed by atoms with E-state index in [2.05, 4.69) is 20.5 Å². The molecule has 0 aliphatic carbocycles. The van der Waals surface area contributed by atoms with Gasteiger partial charge >= 0.3 is 0 Å². The molecule has 1 fully saturated rings. The van der Waals surface area contributed by atoms with Gasteiger partial charge in [-0.25, -0.2) is 9.37 Å². The van der Waals surface area contributed by atoms with Crippen LogP contribution in [0.3, 0.4) is 0 Å². The van der Waals surface area contributed by atoms with Gasteiger partial charge in [-0.2, -0.15) is 11.8 Å². The van der Waals surface area contributed by atoms with E-state index in [9.17, 15) is 4.39 Å². The first kappa shape index (κ1) is 16.6. The van der Waals surface area contributed by atoms with Gasteiger partial charge in [0.15, 0.2) is 11.6 Å². The maximum Gasteiger partial charge on any atom is 0.203 e. The Balaban J connectivity index is 1.48. The highest BCUT2D eigenvalue weighted by Crippen LogP contribution is 2.39. The predicted octanol–water partition coefficient (Wildman–Crippen LogP) is 4.14. The van der Waals surface area contributed by atoms with Crippen LogP contribution in [0.2, 0.25) is 5.02 Å². The normalized spacial score (nSPS) is 17.3. The van der Waals surface area contributed by atoms with Gasteiger partial charge < -0.3 is 5.32 Å². The van der Waals surface area contributed by atoms with Crippen molar-refractivity contribution >= 4 is 34.8 Å². The molecule has 1 aromatic carbocycles. The molecule has 1 N–H and O–H groups in total. The number of anilines is 1. The third-order valence-electron chi connectivity index (χ3n) is 4.26. The predicted molar refractivity (Wildman–Crippen MR) is 98.8 cm³/mol. The minimum Gasteiger partial charge on any atom is -0.367 e. The minimum absolute atomic E-state index is 0.143. The van der Waals surface area contributed by atoms with Crippen molar-refractivity contribution in [3.8, 4) is 0 Å². The number of nitrogens with zero attached hydrogens (tertiary/aromatic N) is 4. The van der Waals surface area contributed by atoms with Crippen LogP contribution in [0.25, 0.3) is 5.65 Å². The highest BCUT2D eigenvalue weighted by atomic mass is 35.5. The number of nitrogens with one attached hydrogen (secondary N) is 1. The second-order valence-corrected chi connectivity index (χ2v) is 7.67. The van der Waals surface area contributed by atoms with Crippen LogP contribution in [0.15, 0.2) is 30.6 Å². The highest BCUT2D eigenvalue weighted by molar-refractivity contribution is 7.99. The molecule has 0 spiro atoms. The van der Waals surface area contributed by atoms with Crippen LogP contribution < -0.4 is 5.32 Å². The lowest BCUT2D eigenvalue weighted by Crippen LogP contribution is -2.08. The fourth-order valence-electron chi connectivity index (χ4n) is 2.99. The van der Waals surface area contributed by atoms with Crippen molar-refractivity contribution in [3.63, 3.8) is 0 Å². The molecule has 5 nitrogen and oxygen atoms in total. The number of rotatable bonds is 5. The Morgan fingerprint density at radius 1 is 1.36 bits per heavy atom. The topological polar surface area (TPSA) is 55.1 Å². The van der Waals surface area contributed by atoms with E-state index in [0.29, 0.717) is 24.0 Å². The monoisotopic (exact) mass is 377 g/mol. The average Bonchev–Trinajstić information content (AvgIpc) is 3.27. The summed E-state index contributed by atoms with van der Waals surface area (Å²) in [5, 5.41) is 12.5. The summed E-state index contributed by atoms with van der Waals surface area (Å²) < 4.78 is 15.5. The summed E-state index contributed by atoms with van der Waals surface area (Å²) in [4.78, 5) is 4.37. The van der Waals surface area contributed by atoms with Crippen molar-refractivity contribution in [2.45, 2.75) is 24.5 Å². The lowest BCUT2D eigenvalue weighted by molar-refractivity contribution is 0.626. The molecule has 2 aromatic heterocycles. The molecule has 8 heteroatoms. The molecule has 0 amide bonds. The smallest absolute Gasteiger partial charge is 0.203 e. The molecule has 1 atom stereocenters. The number of hydrogen-bond donors (Lipinski definition) is 1. The summed E-state index contributed by atoms with van der Waals surface area (Å²) in [6.45, 7) is 0.619. The summed E-state index contributed by atoms with van der Waals surface area (Å²) in [5.74, 6) is 2.46. The summed E-state index contributed by atoms with van der Waals surface area (Å²) in [7, 11) is 0. The first-order chi connectivity index (χ1) is 12.2. The van der Waals surface area contributed by atoms with E-state index < -0.39 is 5.82 Å². The molecule has 1 aliphatic heterocycles. The fraction of sp³-hybridized carbons (Fsp3) is 0.353. The molecule has 0 saturated carbocycles. The zero-order chi connectivity index (χ0) is 17.2. The molecule has 1 saturated heterocycles. The molecular formula is C17H17ClFN5S. The van der Waals surface area contributed by atoms with E-state index in [1.165, 1.54) is 18.2 Å². The number of fused-ring (bicyclic) bond motifs is 1. The van der Waals surface area contributed by atoms with Gasteiger partial charge in [0.05, 0.1) is 10.3 Å². The zero-order valence-electron chi connectivity index (χ0n) is 13.5. The molecule has 3 heterocycles. The molecular weight excluding hydrogens is 361 g/mol. The summed E-state index contributed by atoms with van der Waals surface area (Å²) >= 11 is 7.64. The van der Waals surface area contributed by atoms with Crippen LogP contribution in [-0.2, 0) is 6.42 Å². The maximum absolute atomic E-state index is 13.5. The number of benzene rings is 1. The Kier molecular flexibility index (Phi) is 4.76. The third-order valence-corrected chi connectivity index (χ3v) is 5.94. The second kappa shape index (κ2) is 7.17. The van der Waals surface area contributed by atoms with E-state index in [1.807, 2.05) is 28.4 Å². The Hall–Kier alpha value is -1.86. The Morgan fingerprint density at radius 3 is 3.08 bits per heavy atom. The van der Waals surface area contributed by atoms with Gasteiger partial charge in [-0.3, -0.25) is 4.40 Å². The standard InChI is InChI=1S/C17H17ClFN5S/c18-12-4-3-11(10-13(12)19)5-6-20-15-17-23-22-16(14-2-1-9-25-14)24(17)8-7-21-15/h3-4,7-8,10,14H,1-2,5-6,9H2,(H,20,21)/t14-/m0/s1. The zero-order valence-corrected chi connectivity index (χ0v) is 15.0. The van der Waals surface area contributed by atoms with E-state index in [0.717, 1.165) is 23.5 Å². The van der Waals surface area contributed by atoms with Crippen LogP contribution in [0.5, 0.6) is 0 Å². The lowest BCUT2D eigenvalue weighted by Gasteiger charge is -2.09. The largest absolute Gasteiger partial charge is 0.367 e. The second-order valence-electron chi connectivity index (χ2n) is 5.95. The number of thioether (sulfide) groups is 1. The molecule has 4 rings (SSSR count). The molecule has 0 unspecified atom stereocenters. The van der Waals surface area contributed by atoms with Crippen molar-refractivity contribution in [2.75, 3.05) is 17.6 Å². The number of hydrogen-bond acceptors (Lipinski definition) is 5.